The summed E-state index contributed by atoms with van der Waals surface area (Å²) in [6.45, 7) is 1.13. The zero-order chi connectivity index (χ0) is 29.1. The van der Waals surface area contributed by atoms with Gasteiger partial charge in [0.1, 0.15) is 34.4 Å². The third kappa shape index (κ3) is 4.14. The van der Waals surface area contributed by atoms with Crippen LogP contribution in [0.1, 0.15) is 35.3 Å². The van der Waals surface area contributed by atoms with Gasteiger partial charge in [-0.1, -0.05) is 30.3 Å². The Morgan fingerprint density at radius 1 is 1.00 bits per heavy atom. The van der Waals surface area contributed by atoms with Crippen molar-refractivity contribution < 1.29 is 39.2 Å². The maximum Gasteiger partial charge on any atom is 0.255 e. The monoisotopic (exact) mass is 556 g/mol. The number of carbonyl (C=O) groups excluding carboxylic acids is 3. The van der Waals surface area contributed by atoms with Crippen molar-refractivity contribution in [1.82, 2.24) is 5.32 Å². The molecule has 3 atom stereocenters. The molecular weight excluding hydrogens is 528 g/mol. The Morgan fingerprint density at radius 3 is 2.49 bits per heavy atom. The molecule has 1 amide bonds. The molecule has 0 radical (unpaired) electrons. The van der Waals surface area contributed by atoms with Crippen LogP contribution in [0.15, 0.2) is 75.9 Å². The summed E-state index contributed by atoms with van der Waals surface area (Å²) in [6.07, 6.45) is -0.113. The van der Waals surface area contributed by atoms with E-state index in [1.165, 1.54) is 6.07 Å². The molecular formula is C31H28N2O8. The average Bonchev–Trinajstić information content (AvgIpc) is 3.40. The average molecular weight is 557 g/mol. The highest BCUT2D eigenvalue weighted by Gasteiger charge is 2.60. The largest absolute Gasteiger partial charge is 0.508 e. The van der Waals surface area contributed by atoms with Gasteiger partial charge in [0.05, 0.1) is 12.1 Å². The molecule has 3 aliphatic carbocycles. The van der Waals surface area contributed by atoms with Crippen LogP contribution in [0.5, 0.6) is 5.75 Å². The molecule has 1 saturated carbocycles. The molecule has 1 aromatic heterocycles. The van der Waals surface area contributed by atoms with Crippen molar-refractivity contribution in [3.05, 3.63) is 94.0 Å². The molecule has 10 nitrogen and oxygen atoms in total. The highest BCUT2D eigenvalue weighted by atomic mass is 16.4. The summed E-state index contributed by atoms with van der Waals surface area (Å²) in [7, 11) is 0. The molecule has 0 aliphatic heterocycles. The number of amides is 1. The van der Waals surface area contributed by atoms with E-state index in [2.05, 4.69) is 5.32 Å². The van der Waals surface area contributed by atoms with Crippen LogP contribution in [-0.2, 0) is 33.9 Å². The molecule has 1 fully saturated rings. The van der Waals surface area contributed by atoms with Crippen LogP contribution in [0, 0.1) is 11.8 Å². The lowest BCUT2D eigenvalue weighted by Crippen LogP contribution is -2.58. The van der Waals surface area contributed by atoms with Gasteiger partial charge in [-0.25, -0.2) is 0 Å². The lowest BCUT2D eigenvalue weighted by Gasteiger charge is -2.46. The van der Waals surface area contributed by atoms with Gasteiger partial charge < -0.3 is 35.9 Å². The number of nitrogens with two attached hydrogens (primary N) is 1. The van der Waals surface area contributed by atoms with Gasteiger partial charge in [0.15, 0.2) is 11.4 Å². The third-order valence-electron chi connectivity index (χ3n) is 8.35. The van der Waals surface area contributed by atoms with E-state index in [9.17, 15) is 34.8 Å². The summed E-state index contributed by atoms with van der Waals surface area (Å²) < 4.78 is 6.09. The van der Waals surface area contributed by atoms with E-state index >= 15 is 0 Å². The number of fused-ring (bicyclic) bond motifs is 3. The van der Waals surface area contributed by atoms with Crippen LogP contribution >= 0.6 is 0 Å². The molecule has 1 heterocycles. The zero-order valence-corrected chi connectivity index (χ0v) is 21.9. The number of ketones is 2. The molecule has 3 aromatic rings. The number of nitrogens with one attached hydrogen (secondary N) is 1. The molecule has 7 N–H and O–H groups in total. The van der Waals surface area contributed by atoms with Gasteiger partial charge in [-0.3, -0.25) is 14.4 Å². The molecule has 0 spiro atoms. The van der Waals surface area contributed by atoms with E-state index in [4.69, 9.17) is 10.2 Å². The number of aliphatic hydroxyl groups excluding tert-OH is 2. The first-order valence-corrected chi connectivity index (χ1v) is 13.3. The standard InChI is InChI=1S/C31H28N2O8/c32-30(39)26-22(35)12-17-10-16-11-20-19(23-9-6-18(41-23)14-33-13-15-4-2-1-3-5-15)7-8-21(34)25(20)27(36)24(16)28(37)31(17,40)29(26)38/h1-9,16-17,33-34,36,38,40H,10-14H2,(H2,32,39)/t16-,17+,31+/m1/s1. The van der Waals surface area contributed by atoms with E-state index in [0.717, 1.165) is 5.56 Å². The summed E-state index contributed by atoms with van der Waals surface area (Å²) >= 11 is 0. The number of rotatable bonds is 6. The zero-order valence-electron chi connectivity index (χ0n) is 21.9. The second-order valence-corrected chi connectivity index (χ2v) is 10.7. The van der Waals surface area contributed by atoms with Crippen molar-refractivity contribution in [2.45, 2.75) is 38.0 Å². The second-order valence-electron chi connectivity index (χ2n) is 10.7. The van der Waals surface area contributed by atoms with Crippen LogP contribution in [0.25, 0.3) is 17.1 Å². The normalized spacial score (nSPS) is 23.7. The van der Waals surface area contributed by atoms with E-state index in [1.807, 2.05) is 36.4 Å². The first kappa shape index (κ1) is 26.5. The van der Waals surface area contributed by atoms with Gasteiger partial charge in [0.2, 0.25) is 5.78 Å². The predicted molar refractivity (Wildman–Crippen MR) is 146 cm³/mol. The molecule has 0 bridgehead atoms. The van der Waals surface area contributed by atoms with Crippen molar-refractivity contribution in [3.8, 4) is 17.1 Å². The summed E-state index contributed by atoms with van der Waals surface area (Å²) in [4.78, 5) is 38.0. The van der Waals surface area contributed by atoms with Gasteiger partial charge in [-0.15, -0.1) is 0 Å². The van der Waals surface area contributed by atoms with Gasteiger partial charge in [-0.05, 0) is 54.2 Å². The van der Waals surface area contributed by atoms with Crippen molar-refractivity contribution in [2.75, 3.05) is 0 Å². The Kier molecular flexibility index (Phi) is 6.32. The number of carbonyl (C=O) groups is 3. The number of Topliss-reactive ketones (excluding diaryl/α,β-unsaturated/α-hetero) is 2. The molecule has 6 rings (SSSR count). The van der Waals surface area contributed by atoms with Crippen LogP contribution < -0.4 is 11.1 Å². The number of benzene rings is 2. The van der Waals surface area contributed by atoms with Gasteiger partial charge in [0, 0.05) is 30.0 Å². The number of hydrogen-bond donors (Lipinski definition) is 6. The van der Waals surface area contributed by atoms with Crippen LogP contribution in [0.2, 0.25) is 0 Å². The van der Waals surface area contributed by atoms with Crippen molar-refractivity contribution in [2.24, 2.45) is 17.6 Å². The van der Waals surface area contributed by atoms with E-state index < -0.39 is 52.0 Å². The predicted octanol–water partition coefficient (Wildman–Crippen LogP) is 2.97. The summed E-state index contributed by atoms with van der Waals surface area (Å²) in [5.41, 5.74) is 3.97. The van der Waals surface area contributed by atoms with Crippen LogP contribution in [0.4, 0.5) is 0 Å². The van der Waals surface area contributed by atoms with Crippen molar-refractivity contribution in [1.29, 1.82) is 0 Å². The summed E-state index contributed by atoms with van der Waals surface area (Å²) in [6, 6.07) is 16.6. The Hall–Kier alpha value is -4.67. The van der Waals surface area contributed by atoms with Gasteiger partial charge in [-0.2, -0.15) is 0 Å². The first-order valence-electron chi connectivity index (χ1n) is 13.3. The highest BCUT2D eigenvalue weighted by Crippen LogP contribution is 2.53. The van der Waals surface area contributed by atoms with Crippen molar-refractivity contribution in [3.63, 3.8) is 0 Å². The Balaban J connectivity index is 1.35. The first-order chi connectivity index (χ1) is 19.6. The molecule has 210 valence electrons. The number of phenols is 1. The minimum atomic E-state index is -2.59. The fourth-order valence-corrected chi connectivity index (χ4v) is 6.40. The number of aromatic hydroxyl groups is 1. The van der Waals surface area contributed by atoms with Gasteiger partial charge >= 0.3 is 0 Å². The van der Waals surface area contributed by atoms with Crippen LogP contribution in [-0.4, -0.2) is 43.5 Å². The maximum atomic E-state index is 13.7. The number of phenolic OH excluding ortho intramolecular Hbond substituents is 1. The quantitative estimate of drug-likeness (QED) is 0.249. The topological polar surface area (TPSA) is 183 Å². The molecule has 41 heavy (non-hydrogen) atoms. The smallest absolute Gasteiger partial charge is 0.255 e. The van der Waals surface area contributed by atoms with E-state index in [0.29, 0.717) is 35.7 Å². The minimum Gasteiger partial charge on any atom is -0.508 e. The highest BCUT2D eigenvalue weighted by molar-refractivity contribution is 6.22. The second kappa shape index (κ2) is 9.76. The Labute approximate surface area is 234 Å². The van der Waals surface area contributed by atoms with Crippen LogP contribution in [0.3, 0.4) is 0 Å². The number of hydrogen-bond acceptors (Lipinski definition) is 9. The lowest BCUT2D eigenvalue weighted by molar-refractivity contribution is -0.147. The Bertz CT molecular complexity index is 1670. The van der Waals surface area contributed by atoms with Crippen molar-refractivity contribution >= 4 is 23.2 Å². The molecule has 3 aliphatic rings. The fourth-order valence-electron chi connectivity index (χ4n) is 6.40. The molecule has 2 aromatic carbocycles. The molecule has 10 heteroatoms. The minimum absolute atomic E-state index is 0.0229. The number of primary amides is 1. The van der Waals surface area contributed by atoms with E-state index in [-0.39, 0.29) is 36.1 Å². The summed E-state index contributed by atoms with van der Waals surface area (Å²) in [5, 5.41) is 47.4. The molecule has 0 saturated heterocycles. The summed E-state index contributed by atoms with van der Waals surface area (Å²) in [5.74, 6) is -5.41. The van der Waals surface area contributed by atoms with E-state index in [1.54, 1.807) is 12.1 Å². The molecule has 0 unspecified atom stereocenters. The number of aliphatic hydroxyl groups is 3. The Morgan fingerprint density at radius 2 is 1.76 bits per heavy atom. The maximum absolute atomic E-state index is 13.7. The SMILES string of the molecule is NC(=O)C1=C(O)[C@@]2(O)C(=O)C3=C(O)c4c(O)ccc(-c5ccc(CNCc6ccccc6)o5)c4C[C@H]3C[C@H]2CC1=O. The van der Waals surface area contributed by atoms with Gasteiger partial charge in [0.25, 0.3) is 5.91 Å². The third-order valence-corrected chi connectivity index (χ3v) is 8.35. The number of furan rings is 1. The lowest BCUT2D eigenvalue weighted by atomic mass is 9.59. The fraction of sp³-hybridized carbons (Fsp3) is 0.258.